The van der Waals surface area contributed by atoms with Gasteiger partial charge < -0.3 is 21.4 Å². The molecular formula is C13H16N6OS. The van der Waals surface area contributed by atoms with Crippen molar-refractivity contribution >= 4 is 28.7 Å². The molecular weight excluding hydrogens is 288 g/mol. The minimum atomic E-state index is -0.369. The Labute approximate surface area is 127 Å². The summed E-state index contributed by atoms with van der Waals surface area (Å²) in [6, 6.07) is 3.78. The lowest BCUT2D eigenvalue weighted by Crippen LogP contribution is -2.30. The monoisotopic (exact) mass is 304 g/mol. The highest BCUT2D eigenvalue weighted by atomic mass is 32.1. The van der Waals surface area contributed by atoms with Gasteiger partial charge in [-0.1, -0.05) is 18.3 Å². The fourth-order valence-corrected chi connectivity index (χ4v) is 1.96. The molecule has 2 rings (SSSR count). The standard InChI is InChI=1S/C13H16N6OS/c14-10(21)3-5-19(7-9-2-1-4-16-6-9)12-11(15)13(20)18-8-17-12/h1-2,4,6,8H,3,5,7,15H2,(H2,14,21)(H,17,18,20). The number of aromatic nitrogens is 3. The summed E-state index contributed by atoms with van der Waals surface area (Å²) in [7, 11) is 0. The van der Waals surface area contributed by atoms with E-state index in [1.807, 2.05) is 17.0 Å². The Morgan fingerprint density at radius 2 is 2.29 bits per heavy atom. The highest BCUT2D eigenvalue weighted by Crippen LogP contribution is 2.18. The molecule has 0 aromatic carbocycles. The predicted octanol–water partition coefficient (Wildman–Crippen LogP) is 0.430. The fraction of sp³-hybridized carbons (Fsp3) is 0.231. The SMILES string of the molecule is NC(=S)CCN(Cc1cccnc1)c1nc[nH]c(=O)c1N. The van der Waals surface area contributed by atoms with Gasteiger partial charge in [0.25, 0.3) is 5.56 Å². The van der Waals surface area contributed by atoms with E-state index in [-0.39, 0.29) is 11.2 Å². The Hall–Kier alpha value is -2.48. The lowest BCUT2D eigenvalue weighted by Gasteiger charge is -2.24. The van der Waals surface area contributed by atoms with E-state index in [4.69, 9.17) is 23.7 Å². The average Bonchev–Trinajstić information content (AvgIpc) is 2.47. The minimum Gasteiger partial charge on any atom is -0.393 e. The number of H-pyrrole nitrogens is 1. The summed E-state index contributed by atoms with van der Waals surface area (Å²) < 4.78 is 0. The Balaban J connectivity index is 2.29. The van der Waals surface area contributed by atoms with Gasteiger partial charge in [0.1, 0.15) is 5.69 Å². The van der Waals surface area contributed by atoms with Gasteiger partial charge in [-0.3, -0.25) is 9.78 Å². The smallest absolute Gasteiger partial charge is 0.276 e. The number of hydrogen-bond donors (Lipinski definition) is 3. The van der Waals surface area contributed by atoms with Gasteiger partial charge in [-0.05, 0) is 11.6 Å². The lowest BCUT2D eigenvalue weighted by molar-refractivity contribution is 0.785. The molecule has 0 aliphatic rings. The number of hydrogen-bond acceptors (Lipinski definition) is 6. The minimum absolute atomic E-state index is 0.0735. The first-order valence-electron chi connectivity index (χ1n) is 6.33. The Morgan fingerprint density at radius 3 is 2.95 bits per heavy atom. The first-order chi connectivity index (χ1) is 10.1. The van der Waals surface area contributed by atoms with E-state index in [2.05, 4.69) is 15.0 Å². The third-order valence-electron chi connectivity index (χ3n) is 2.89. The zero-order valence-corrected chi connectivity index (χ0v) is 12.1. The van der Waals surface area contributed by atoms with Crippen LogP contribution in [-0.4, -0.2) is 26.5 Å². The topological polar surface area (TPSA) is 114 Å². The molecule has 0 bridgehead atoms. The second-order valence-corrected chi connectivity index (χ2v) is 4.99. The van der Waals surface area contributed by atoms with Crippen LogP contribution in [0.1, 0.15) is 12.0 Å². The molecule has 0 unspecified atom stereocenters. The Kier molecular flexibility index (Phi) is 4.83. The van der Waals surface area contributed by atoms with Crippen LogP contribution < -0.4 is 21.9 Å². The van der Waals surface area contributed by atoms with Crippen molar-refractivity contribution in [2.24, 2.45) is 5.73 Å². The number of anilines is 2. The normalized spacial score (nSPS) is 10.3. The maximum absolute atomic E-state index is 11.6. The Bertz CT molecular complexity index is 672. The number of aromatic amines is 1. The molecule has 0 fully saturated rings. The van der Waals surface area contributed by atoms with E-state index < -0.39 is 0 Å². The summed E-state index contributed by atoms with van der Waals surface area (Å²) in [5.41, 5.74) is 12.0. The third-order valence-corrected chi connectivity index (χ3v) is 3.10. The summed E-state index contributed by atoms with van der Waals surface area (Å²) >= 11 is 4.91. The number of nitrogen functional groups attached to an aromatic ring is 1. The molecule has 0 saturated heterocycles. The summed E-state index contributed by atoms with van der Waals surface area (Å²) in [6.07, 6.45) is 5.27. The van der Waals surface area contributed by atoms with Crippen LogP contribution in [0.4, 0.5) is 11.5 Å². The number of nitrogens with zero attached hydrogens (tertiary/aromatic N) is 3. The van der Waals surface area contributed by atoms with Gasteiger partial charge in [-0.2, -0.15) is 0 Å². The first-order valence-corrected chi connectivity index (χ1v) is 6.74. The van der Waals surface area contributed by atoms with Crippen LogP contribution in [0.3, 0.4) is 0 Å². The molecule has 8 heteroatoms. The molecule has 0 aliphatic carbocycles. The number of pyridine rings is 1. The van der Waals surface area contributed by atoms with Gasteiger partial charge >= 0.3 is 0 Å². The van der Waals surface area contributed by atoms with Crippen LogP contribution in [0.2, 0.25) is 0 Å². The van der Waals surface area contributed by atoms with Gasteiger partial charge in [0, 0.05) is 31.9 Å². The number of thiocarbonyl (C=S) groups is 1. The maximum Gasteiger partial charge on any atom is 0.276 e. The maximum atomic E-state index is 11.6. The van der Waals surface area contributed by atoms with E-state index in [0.29, 0.717) is 30.3 Å². The van der Waals surface area contributed by atoms with Crippen molar-refractivity contribution in [2.45, 2.75) is 13.0 Å². The van der Waals surface area contributed by atoms with Crippen LogP contribution in [0.5, 0.6) is 0 Å². The zero-order valence-electron chi connectivity index (χ0n) is 11.3. The number of rotatable bonds is 6. The molecule has 0 radical (unpaired) electrons. The third kappa shape index (κ3) is 3.99. The van der Waals surface area contributed by atoms with E-state index >= 15 is 0 Å². The fourth-order valence-electron chi connectivity index (χ4n) is 1.87. The van der Waals surface area contributed by atoms with Gasteiger partial charge in [0.15, 0.2) is 5.82 Å². The van der Waals surface area contributed by atoms with E-state index in [1.54, 1.807) is 12.4 Å². The van der Waals surface area contributed by atoms with Crippen LogP contribution in [0.25, 0.3) is 0 Å². The molecule has 110 valence electrons. The van der Waals surface area contributed by atoms with E-state index in [9.17, 15) is 4.79 Å². The van der Waals surface area contributed by atoms with Crippen LogP contribution in [0.15, 0.2) is 35.6 Å². The Morgan fingerprint density at radius 1 is 1.48 bits per heavy atom. The molecule has 21 heavy (non-hydrogen) atoms. The molecule has 7 nitrogen and oxygen atoms in total. The molecule has 2 aromatic heterocycles. The van der Waals surface area contributed by atoms with Gasteiger partial charge in [0.05, 0.1) is 11.3 Å². The van der Waals surface area contributed by atoms with E-state index in [1.165, 1.54) is 6.33 Å². The lowest BCUT2D eigenvalue weighted by atomic mass is 10.2. The van der Waals surface area contributed by atoms with Crippen molar-refractivity contribution in [3.63, 3.8) is 0 Å². The van der Waals surface area contributed by atoms with E-state index in [0.717, 1.165) is 5.56 Å². The second-order valence-electron chi connectivity index (χ2n) is 4.47. The van der Waals surface area contributed by atoms with Crippen molar-refractivity contribution in [3.8, 4) is 0 Å². The molecule has 5 N–H and O–H groups in total. The molecule has 2 aromatic rings. The van der Waals surface area contributed by atoms with Gasteiger partial charge in [0.2, 0.25) is 0 Å². The summed E-state index contributed by atoms with van der Waals surface area (Å²) in [4.78, 5) is 24.6. The van der Waals surface area contributed by atoms with Crippen LogP contribution in [-0.2, 0) is 6.54 Å². The second kappa shape index (κ2) is 6.80. The van der Waals surface area contributed by atoms with Crippen LogP contribution >= 0.6 is 12.2 Å². The highest BCUT2D eigenvalue weighted by Gasteiger charge is 2.14. The summed E-state index contributed by atoms with van der Waals surface area (Å²) in [5.74, 6) is 0.416. The van der Waals surface area contributed by atoms with Crippen molar-refractivity contribution in [1.82, 2.24) is 15.0 Å². The molecule has 0 aliphatic heterocycles. The van der Waals surface area contributed by atoms with Crippen molar-refractivity contribution < 1.29 is 0 Å². The summed E-state index contributed by atoms with van der Waals surface area (Å²) in [6.45, 7) is 1.03. The molecule has 0 amide bonds. The highest BCUT2D eigenvalue weighted by molar-refractivity contribution is 7.80. The summed E-state index contributed by atoms with van der Waals surface area (Å²) in [5, 5.41) is 0. The number of nitrogens with two attached hydrogens (primary N) is 2. The first kappa shape index (κ1) is 14.9. The van der Waals surface area contributed by atoms with Crippen molar-refractivity contribution in [3.05, 3.63) is 46.8 Å². The average molecular weight is 304 g/mol. The molecule has 0 saturated carbocycles. The molecule has 2 heterocycles. The van der Waals surface area contributed by atoms with Crippen molar-refractivity contribution in [2.75, 3.05) is 17.2 Å². The number of nitrogens with one attached hydrogen (secondary N) is 1. The largest absolute Gasteiger partial charge is 0.393 e. The quantitative estimate of drug-likeness (QED) is 0.663. The van der Waals surface area contributed by atoms with Gasteiger partial charge in [-0.15, -0.1) is 0 Å². The van der Waals surface area contributed by atoms with Gasteiger partial charge in [-0.25, -0.2) is 4.98 Å². The predicted molar refractivity (Wildman–Crippen MR) is 86.0 cm³/mol. The zero-order chi connectivity index (χ0) is 15.2. The van der Waals surface area contributed by atoms with Crippen LogP contribution in [0, 0.1) is 0 Å². The molecule has 0 spiro atoms. The molecule has 0 atom stereocenters. The van der Waals surface area contributed by atoms with Crippen molar-refractivity contribution in [1.29, 1.82) is 0 Å².